The Labute approximate surface area is 104 Å². The number of rotatable bonds is 5. The molecule has 0 fully saturated rings. The highest BCUT2D eigenvalue weighted by atomic mass is 16.5. The number of nitrogens with zero attached hydrogens (tertiary/aromatic N) is 2. The van der Waals surface area contributed by atoms with Gasteiger partial charge in [0, 0.05) is 11.6 Å². The fourth-order valence-electron chi connectivity index (χ4n) is 1.45. The third-order valence-electron chi connectivity index (χ3n) is 2.30. The first kappa shape index (κ1) is 13.6. The number of nitroso groups, excluding NO2 is 1. The van der Waals surface area contributed by atoms with Crippen LogP contribution in [0, 0.1) is 16.2 Å². The normalized spacial score (nSPS) is 11.2. The molecule has 0 saturated carbocycles. The van der Waals surface area contributed by atoms with Gasteiger partial charge in [-0.15, -0.1) is 4.91 Å². The lowest BCUT2D eigenvalue weighted by Crippen LogP contribution is -2.14. The van der Waals surface area contributed by atoms with E-state index in [1.807, 2.05) is 0 Å². The van der Waals surface area contributed by atoms with Gasteiger partial charge in [-0.1, -0.05) is 6.07 Å². The Kier molecular flexibility index (Phi) is 4.81. The van der Waals surface area contributed by atoms with Crippen LogP contribution in [0.1, 0.15) is 18.4 Å². The number of nitriles is 1. The van der Waals surface area contributed by atoms with Crippen molar-refractivity contribution in [1.29, 1.82) is 5.26 Å². The van der Waals surface area contributed by atoms with Crippen LogP contribution in [0.4, 0.5) is 5.69 Å². The van der Waals surface area contributed by atoms with Gasteiger partial charge in [0.05, 0.1) is 19.8 Å². The average Bonchev–Trinajstić information content (AvgIpc) is 2.40. The van der Waals surface area contributed by atoms with Gasteiger partial charge in [0.1, 0.15) is 11.4 Å². The van der Waals surface area contributed by atoms with Gasteiger partial charge in [-0.2, -0.15) is 5.26 Å². The summed E-state index contributed by atoms with van der Waals surface area (Å²) in [5.41, 5.74) is 0.209. The first-order valence-electron chi connectivity index (χ1n) is 5.25. The topological polar surface area (TPSA) is 88.8 Å². The van der Waals surface area contributed by atoms with E-state index in [1.54, 1.807) is 19.1 Å². The molecule has 1 unspecified atom stereocenters. The molecule has 94 valence electrons. The average molecular weight is 248 g/mol. The van der Waals surface area contributed by atoms with Gasteiger partial charge >= 0.3 is 5.97 Å². The zero-order valence-corrected chi connectivity index (χ0v) is 10.0. The molecule has 1 aromatic rings. The monoisotopic (exact) mass is 248 g/mol. The van der Waals surface area contributed by atoms with Crippen LogP contribution in [0.15, 0.2) is 23.4 Å². The van der Waals surface area contributed by atoms with Gasteiger partial charge in [-0.25, -0.2) is 0 Å². The number of benzene rings is 1. The molecule has 0 radical (unpaired) electrons. The Morgan fingerprint density at radius 2 is 2.28 bits per heavy atom. The smallest absolute Gasteiger partial charge is 0.327 e. The van der Waals surface area contributed by atoms with E-state index >= 15 is 0 Å². The Morgan fingerprint density at radius 1 is 1.56 bits per heavy atom. The minimum atomic E-state index is -1.16. The number of ether oxygens (including phenoxy) is 2. The molecule has 0 aliphatic heterocycles. The SMILES string of the molecule is CCOC(=O)C(C#N)c1ccc(OC)cc1N=O. The van der Waals surface area contributed by atoms with E-state index in [4.69, 9.17) is 14.7 Å². The molecule has 0 aromatic heterocycles. The number of esters is 1. The van der Waals surface area contributed by atoms with Gasteiger partial charge in [0.25, 0.3) is 0 Å². The molecule has 0 bridgehead atoms. The number of carbonyl (C=O) groups is 1. The second-order valence-electron chi connectivity index (χ2n) is 3.33. The summed E-state index contributed by atoms with van der Waals surface area (Å²) in [5.74, 6) is -1.44. The van der Waals surface area contributed by atoms with Crippen LogP contribution in [0.3, 0.4) is 0 Å². The maximum absolute atomic E-state index is 11.6. The Morgan fingerprint density at radius 3 is 2.78 bits per heavy atom. The van der Waals surface area contributed by atoms with E-state index in [0.29, 0.717) is 5.75 Å². The summed E-state index contributed by atoms with van der Waals surface area (Å²) in [6.07, 6.45) is 0. The number of hydrogen-bond acceptors (Lipinski definition) is 6. The third-order valence-corrected chi connectivity index (χ3v) is 2.30. The van der Waals surface area contributed by atoms with Crippen LogP contribution in [-0.2, 0) is 9.53 Å². The molecule has 1 rings (SSSR count). The van der Waals surface area contributed by atoms with Crippen molar-refractivity contribution in [3.63, 3.8) is 0 Å². The van der Waals surface area contributed by atoms with Crippen LogP contribution < -0.4 is 4.74 Å². The van der Waals surface area contributed by atoms with Crippen LogP contribution in [0.2, 0.25) is 0 Å². The Hall–Kier alpha value is -2.42. The van der Waals surface area contributed by atoms with Gasteiger partial charge in [-0.3, -0.25) is 4.79 Å². The van der Waals surface area contributed by atoms with Gasteiger partial charge in [0.15, 0.2) is 5.92 Å². The van der Waals surface area contributed by atoms with Gasteiger partial charge in [-0.05, 0) is 18.2 Å². The highest BCUT2D eigenvalue weighted by Gasteiger charge is 2.25. The van der Waals surface area contributed by atoms with Gasteiger partial charge in [0.2, 0.25) is 0 Å². The summed E-state index contributed by atoms with van der Waals surface area (Å²) in [5, 5.41) is 11.8. The van der Waals surface area contributed by atoms with Crippen LogP contribution in [0.25, 0.3) is 0 Å². The first-order chi connectivity index (χ1) is 8.67. The fraction of sp³-hybridized carbons (Fsp3) is 0.333. The van der Waals surface area contributed by atoms with Crippen molar-refractivity contribution >= 4 is 11.7 Å². The fourth-order valence-corrected chi connectivity index (χ4v) is 1.45. The zero-order chi connectivity index (χ0) is 13.5. The maximum atomic E-state index is 11.6. The number of hydrogen-bond donors (Lipinski definition) is 0. The quantitative estimate of drug-likeness (QED) is 0.589. The second-order valence-corrected chi connectivity index (χ2v) is 3.33. The lowest BCUT2D eigenvalue weighted by Gasteiger charge is -2.10. The van der Waals surface area contributed by atoms with Crippen molar-refractivity contribution in [2.45, 2.75) is 12.8 Å². The van der Waals surface area contributed by atoms with Crippen LogP contribution >= 0.6 is 0 Å². The molecule has 6 nitrogen and oxygen atoms in total. The highest BCUT2D eigenvalue weighted by Crippen LogP contribution is 2.31. The van der Waals surface area contributed by atoms with Crippen molar-refractivity contribution in [3.8, 4) is 11.8 Å². The second kappa shape index (κ2) is 6.35. The molecule has 18 heavy (non-hydrogen) atoms. The van der Waals surface area contributed by atoms with Crippen molar-refractivity contribution in [1.82, 2.24) is 0 Å². The van der Waals surface area contributed by atoms with Crippen LogP contribution in [0.5, 0.6) is 5.75 Å². The maximum Gasteiger partial charge on any atom is 0.327 e. The molecular formula is C12H12N2O4. The summed E-state index contributed by atoms with van der Waals surface area (Å²) in [6, 6.07) is 6.18. The van der Waals surface area contributed by atoms with Crippen molar-refractivity contribution < 1.29 is 14.3 Å². The number of carbonyl (C=O) groups excluding carboxylic acids is 1. The number of methoxy groups -OCH3 is 1. The van der Waals surface area contributed by atoms with Crippen molar-refractivity contribution in [2.75, 3.05) is 13.7 Å². The highest BCUT2D eigenvalue weighted by molar-refractivity contribution is 5.83. The molecule has 0 amide bonds. The van der Waals surface area contributed by atoms with Crippen molar-refractivity contribution in [3.05, 3.63) is 28.7 Å². The third kappa shape index (κ3) is 2.83. The molecule has 6 heteroatoms. The Balaban J connectivity index is 3.18. The van der Waals surface area contributed by atoms with E-state index in [0.717, 1.165) is 0 Å². The molecule has 0 saturated heterocycles. The molecule has 0 spiro atoms. The van der Waals surface area contributed by atoms with E-state index in [9.17, 15) is 9.70 Å². The molecule has 0 N–H and O–H groups in total. The van der Waals surface area contributed by atoms with E-state index in [1.165, 1.54) is 19.2 Å². The summed E-state index contributed by atoms with van der Waals surface area (Å²) in [6.45, 7) is 1.80. The van der Waals surface area contributed by atoms with E-state index in [-0.39, 0.29) is 17.9 Å². The summed E-state index contributed by atoms with van der Waals surface area (Å²) >= 11 is 0. The largest absolute Gasteiger partial charge is 0.497 e. The van der Waals surface area contributed by atoms with E-state index < -0.39 is 11.9 Å². The lowest BCUT2D eigenvalue weighted by atomic mass is 9.99. The summed E-state index contributed by atoms with van der Waals surface area (Å²) < 4.78 is 9.70. The standard InChI is InChI=1S/C12H12N2O4/c1-3-18-12(15)10(7-13)9-5-4-8(17-2)6-11(9)14-16/h4-6,10H,3H2,1-2H3. The minimum absolute atomic E-state index is 0.00560. The molecule has 0 heterocycles. The molecular weight excluding hydrogens is 236 g/mol. The van der Waals surface area contributed by atoms with Gasteiger partial charge < -0.3 is 9.47 Å². The molecule has 0 aliphatic carbocycles. The summed E-state index contributed by atoms with van der Waals surface area (Å²) in [7, 11) is 1.44. The van der Waals surface area contributed by atoms with Crippen molar-refractivity contribution in [2.24, 2.45) is 5.18 Å². The summed E-state index contributed by atoms with van der Waals surface area (Å²) in [4.78, 5) is 22.3. The van der Waals surface area contributed by atoms with Crippen LogP contribution in [-0.4, -0.2) is 19.7 Å². The van der Waals surface area contributed by atoms with E-state index in [2.05, 4.69) is 5.18 Å². The Bertz CT molecular complexity index is 493. The predicted octanol–water partition coefficient (Wildman–Crippen LogP) is 2.26. The molecule has 1 atom stereocenters. The first-order valence-corrected chi connectivity index (χ1v) is 5.25. The lowest BCUT2D eigenvalue weighted by molar-refractivity contribution is -0.143. The molecule has 1 aromatic carbocycles. The predicted molar refractivity (Wildman–Crippen MR) is 63.4 cm³/mol. The zero-order valence-electron chi connectivity index (χ0n) is 10.0. The molecule has 0 aliphatic rings. The minimum Gasteiger partial charge on any atom is -0.497 e.